The molecule has 0 aliphatic carbocycles. The SMILES string of the molecule is CC(C)C(NC(=O)OC(C)(C)C)C(=O)Nc1ccc(C(F)(F)F)cc1. The number of hydrogen-bond donors (Lipinski definition) is 2. The summed E-state index contributed by atoms with van der Waals surface area (Å²) in [6.45, 7) is 8.54. The number of anilines is 1. The summed E-state index contributed by atoms with van der Waals surface area (Å²) in [4.78, 5) is 24.2. The smallest absolute Gasteiger partial charge is 0.416 e. The van der Waals surface area contributed by atoms with Crippen molar-refractivity contribution in [3.8, 4) is 0 Å². The van der Waals surface area contributed by atoms with Crippen molar-refractivity contribution in [3.05, 3.63) is 29.8 Å². The number of alkyl halides is 3. The molecule has 1 unspecified atom stereocenters. The van der Waals surface area contributed by atoms with E-state index >= 15 is 0 Å². The minimum Gasteiger partial charge on any atom is -0.444 e. The molecule has 1 atom stereocenters. The summed E-state index contributed by atoms with van der Waals surface area (Å²) < 4.78 is 42.8. The van der Waals surface area contributed by atoms with Crippen molar-refractivity contribution in [1.82, 2.24) is 5.32 Å². The van der Waals surface area contributed by atoms with Crippen LogP contribution >= 0.6 is 0 Å². The van der Waals surface area contributed by atoms with Crippen molar-refractivity contribution in [3.63, 3.8) is 0 Å². The van der Waals surface area contributed by atoms with Gasteiger partial charge in [0.15, 0.2) is 0 Å². The first kappa shape index (κ1) is 20.8. The van der Waals surface area contributed by atoms with E-state index < -0.39 is 35.4 Å². The molecule has 0 aromatic heterocycles. The molecule has 0 fully saturated rings. The predicted octanol–water partition coefficient (Wildman–Crippen LogP) is 4.19. The lowest BCUT2D eigenvalue weighted by Gasteiger charge is -2.25. The van der Waals surface area contributed by atoms with Crippen LogP contribution in [0.1, 0.15) is 40.2 Å². The van der Waals surface area contributed by atoms with Gasteiger partial charge in [0.25, 0.3) is 0 Å². The standard InChI is InChI=1S/C17H23F3N2O3/c1-10(2)13(22-15(24)25-16(3,4)5)14(23)21-12-8-6-11(7-9-12)17(18,19)20/h6-10,13H,1-5H3,(H,21,23)(H,22,24). The first-order valence-electron chi connectivity index (χ1n) is 7.77. The molecule has 0 radical (unpaired) electrons. The van der Waals surface area contributed by atoms with E-state index in [9.17, 15) is 22.8 Å². The Morgan fingerprint density at radius 3 is 1.96 bits per heavy atom. The molecule has 2 N–H and O–H groups in total. The minimum absolute atomic E-state index is 0.203. The third-order valence-electron chi connectivity index (χ3n) is 3.10. The van der Waals surface area contributed by atoms with E-state index in [0.29, 0.717) is 0 Å². The molecule has 25 heavy (non-hydrogen) atoms. The maximum atomic E-state index is 12.5. The first-order valence-corrected chi connectivity index (χ1v) is 7.77. The van der Waals surface area contributed by atoms with Gasteiger partial charge in [-0.05, 0) is 51.0 Å². The highest BCUT2D eigenvalue weighted by Crippen LogP contribution is 2.29. The van der Waals surface area contributed by atoms with Crippen molar-refractivity contribution in [1.29, 1.82) is 0 Å². The van der Waals surface area contributed by atoms with Gasteiger partial charge in [-0.3, -0.25) is 4.79 Å². The lowest BCUT2D eigenvalue weighted by molar-refractivity contribution is -0.137. The minimum atomic E-state index is -4.44. The number of amides is 2. The molecule has 0 bridgehead atoms. The zero-order chi connectivity index (χ0) is 19.4. The normalized spacial score (nSPS) is 13.3. The Bertz CT molecular complexity index is 605. The van der Waals surface area contributed by atoms with Crippen LogP contribution in [0.25, 0.3) is 0 Å². The van der Waals surface area contributed by atoms with Gasteiger partial charge in [-0.2, -0.15) is 13.2 Å². The number of alkyl carbamates (subject to hydrolysis) is 1. The van der Waals surface area contributed by atoms with Crippen LogP contribution < -0.4 is 10.6 Å². The highest BCUT2D eigenvalue weighted by molar-refractivity contribution is 5.96. The summed E-state index contributed by atoms with van der Waals surface area (Å²) in [6.07, 6.45) is -5.19. The molecule has 1 rings (SSSR count). The van der Waals surface area contributed by atoms with Crippen molar-refractivity contribution in [2.75, 3.05) is 5.32 Å². The van der Waals surface area contributed by atoms with Gasteiger partial charge in [-0.25, -0.2) is 4.79 Å². The fourth-order valence-electron chi connectivity index (χ4n) is 1.93. The Labute approximate surface area is 144 Å². The van der Waals surface area contributed by atoms with Crippen molar-refractivity contribution in [2.24, 2.45) is 5.92 Å². The number of nitrogens with one attached hydrogen (secondary N) is 2. The number of rotatable bonds is 4. The second kappa shape index (κ2) is 7.76. The molecule has 0 saturated heterocycles. The zero-order valence-electron chi connectivity index (χ0n) is 14.8. The first-order chi connectivity index (χ1) is 11.3. The quantitative estimate of drug-likeness (QED) is 0.846. The van der Waals surface area contributed by atoms with Gasteiger partial charge in [-0.1, -0.05) is 13.8 Å². The molecule has 1 aromatic carbocycles. The fourth-order valence-corrected chi connectivity index (χ4v) is 1.93. The molecule has 5 nitrogen and oxygen atoms in total. The summed E-state index contributed by atoms with van der Waals surface area (Å²) in [5.41, 5.74) is -1.32. The van der Waals surface area contributed by atoms with Crippen LogP contribution in [0.15, 0.2) is 24.3 Å². The predicted molar refractivity (Wildman–Crippen MR) is 88.1 cm³/mol. The Balaban J connectivity index is 2.78. The second-order valence-corrected chi connectivity index (χ2v) is 6.93. The fraction of sp³-hybridized carbons (Fsp3) is 0.529. The maximum Gasteiger partial charge on any atom is 0.416 e. The molecule has 0 aliphatic heterocycles. The number of ether oxygens (including phenoxy) is 1. The van der Waals surface area contributed by atoms with E-state index in [0.717, 1.165) is 24.3 Å². The van der Waals surface area contributed by atoms with Gasteiger partial charge in [0, 0.05) is 5.69 Å². The lowest BCUT2D eigenvalue weighted by atomic mass is 10.0. The number of carbonyl (C=O) groups is 2. The zero-order valence-corrected chi connectivity index (χ0v) is 14.8. The van der Waals surface area contributed by atoms with Crippen LogP contribution in [-0.4, -0.2) is 23.6 Å². The second-order valence-electron chi connectivity index (χ2n) is 6.93. The molecule has 8 heteroatoms. The Kier molecular flexibility index (Phi) is 6.45. The van der Waals surface area contributed by atoms with Crippen LogP contribution in [0.3, 0.4) is 0 Å². The van der Waals surface area contributed by atoms with E-state index in [-0.39, 0.29) is 11.6 Å². The Morgan fingerprint density at radius 2 is 1.56 bits per heavy atom. The van der Waals surface area contributed by atoms with Gasteiger partial charge in [0.05, 0.1) is 5.56 Å². The monoisotopic (exact) mass is 360 g/mol. The summed E-state index contributed by atoms with van der Waals surface area (Å²) >= 11 is 0. The summed E-state index contributed by atoms with van der Waals surface area (Å²) in [5.74, 6) is -0.789. The van der Waals surface area contributed by atoms with E-state index in [4.69, 9.17) is 4.74 Å². The third kappa shape index (κ3) is 7.03. The summed E-state index contributed by atoms with van der Waals surface area (Å²) in [6, 6.07) is 3.18. The van der Waals surface area contributed by atoms with E-state index in [1.165, 1.54) is 0 Å². The molecule has 0 spiro atoms. The van der Waals surface area contributed by atoms with E-state index in [2.05, 4.69) is 10.6 Å². The molecule has 1 aromatic rings. The third-order valence-corrected chi connectivity index (χ3v) is 3.10. The van der Waals surface area contributed by atoms with Gasteiger partial charge in [-0.15, -0.1) is 0 Å². The molecule has 0 aliphatic rings. The van der Waals surface area contributed by atoms with Crippen LogP contribution in [0.5, 0.6) is 0 Å². The van der Waals surface area contributed by atoms with Crippen LogP contribution in [0.2, 0.25) is 0 Å². The highest BCUT2D eigenvalue weighted by Gasteiger charge is 2.30. The van der Waals surface area contributed by atoms with Gasteiger partial charge < -0.3 is 15.4 Å². The average molecular weight is 360 g/mol. The largest absolute Gasteiger partial charge is 0.444 e. The van der Waals surface area contributed by atoms with Crippen LogP contribution in [0, 0.1) is 5.92 Å². The molecule has 0 saturated carbocycles. The van der Waals surface area contributed by atoms with Gasteiger partial charge in [0.2, 0.25) is 5.91 Å². The van der Waals surface area contributed by atoms with Crippen molar-refractivity contribution >= 4 is 17.7 Å². The number of halogens is 3. The van der Waals surface area contributed by atoms with Crippen LogP contribution in [0.4, 0.5) is 23.7 Å². The maximum absolute atomic E-state index is 12.5. The Hall–Kier alpha value is -2.25. The average Bonchev–Trinajstić information content (AvgIpc) is 2.42. The van der Waals surface area contributed by atoms with Gasteiger partial charge >= 0.3 is 12.3 Å². The van der Waals surface area contributed by atoms with Crippen molar-refractivity contribution in [2.45, 2.75) is 52.4 Å². The molecule has 2 amide bonds. The number of benzene rings is 1. The van der Waals surface area contributed by atoms with Crippen LogP contribution in [-0.2, 0) is 15.7 Å². The molecular formula is C17H23F3N2O3. The molecule has 140 valence electrons. The highest BCUT2D eigenvalue weighted by atomic mass is 19.4. The summed E-state index contributed by atoms with van der Waals surface area (Å²) in [7, 11) is 0. The molecule has 0 heterocycles. The Morgan fingerprint density at radius 1 is 1.04 bits per heavy atom. The van der Waals surface area contributed by atoms with E-state index in [1.54, 1.807) is 34.6 Å². The lowest BCUT2D eigenvalue weighted by Crippen LogP contribution is -2.48. The van der Waals surface area contributed by atoms with Gasteiger partial charge in [0.1, 0.15) is 11.6 Å². The summed E-state index contributed by atoms with van der Waals surface area (Å²) in [5, 5.41) is 4.97. The van der Waals surface area contributed by atoms with Crippen molar-refractivity contribution < 1.29 is 27.5 Å². The topological polar surface area (TPSA) is 67.4 Å². The van der Waals surface area contributed by atoms with E-state index in [1.807, 2.05) is 0 Å². The molecular weight excluding hydrogens is 337 g/mol. The number of carbonyl (C=O) groups excluding carboxylic acids is 2. The number of hydrogen-bond acceptors (Lipinski definition) is 3.